The van der Waals surface area contributed by atoms with Gasteiger partial charge in [0.1, 0.15) is 4.88 Å². The Labute approximate surface area is 140 Å². The topological polar surface area (TPSA) is 55.4 Å². The Morgan fingerprint density at radius 1 is 1.17 bits per heavy atom. The van der Waals surface area contributed by atoms with E-state index in [0.717, 1.165) is 5.56 Å². The van der Waals surface area contributed by atoms with E-state index in [2.05, 4.69) is 5.32 Å². The molecule has 0 unspecified atom stereocenters. The highest BCUT2D eigenvalue weighted by Crippen LogP contribution is 2.15. The van der Waals surface area contributed by atoms with Gasteiger partial charge in [0, 0.05) is 6.54 Å². The summed E-state index contributed by atoms with van der Waals surface area (Å²) in [6.45, 7) is 6.15. The Morgan fingerprint density at radius 3 is 2.43 bits per heavy atom. The largest absolute Gasteiger partial charge is 0.448 e. The van der Waals surface area contributed by atoms with Crippen LogP contribution in [-0.4, -0.2) is 18.0 Å². The SMILES string of the molecule is Cc1ccc(CNC(=O)[C@@H](OC(=O)c2cccs2)C(C)C)cc1. The monoisotopic (exact) mass is 331 g/mol. The van der Waals surface area contributed by atoms with Crippen molar-refractivity contribution in [1.29, 1.82) is 0 Å². The van der Waals surface area contributed by atoms with Gasteiger partial charge < -0.3 is 10.1 Å². The Hall–Kier alpha value is -2.14. The number of nitrogens with one attached hydrogen (secondary N) is 1. The van der Waals surface area contributed by atoms with Crippen LogP contribution in [0, 0.1) is 12.8 Å². The fourth-order valence-corrected chi connectivity index (χ4v) is 2.66. The van der Waals surface area contributed by atoms with Crippen LogP contribution in [0.4, 0.5) is 0 Å². The van der Waals surface area contributed by atoms with Gasteiger partial charge in [0.2, 0.25) is 0 Å². The van der Waals surface area contributed by atoms with Crippen LogP contribution in [0.25, 0.3) is 0 Å². The summed E-state index contributed by atoms with van der Waals surface area (Å²) in [7, 11) is 0. The van der Waals surface area contributed by atoms with Gasteiger partial charge >= 0.3 is 5.97 Å². The fraction of sp³-hybridized carbons (Fsp3) is 0.333. The Kier molecular flexibility index (Phi) is 5.93. The maximum Gasteiger partial charge on any atom is 0.349 e. The molecule has 4 nitrogen and oxygen atoms in total. The number of ether oxygens (including phenoxy) is 1. The molecule has 0 saturated heterocycles. The van der Waals surface area contributed by atoms with Crippen molar-refractivity contribution in [3.8, 4) is 0 Å². The van der Waals surface area contributed by atoms with Gasteiger partial charge in [-0.3, -0.25) is 4.79 Å². The van der Waals surface area contributed by atoms with Crippen molar-refractivity contribution >= 4 is 23.2 Å². The van der Waals surface area contributed by atoms with Gasteiger partial charge in [0.15, 0.2) is 6.10 Å². The van der Waals surface area contributed by atoms with Crippen molar-refractivity contribution in [2.24, 2.45) is 5.92 Å². The van der Waals surface area contributed by atoms with Crippen LogP contribution in [0.2, 0.25) is 0 Å². The molecule has 122 valence electrons. The number of rotatable bonds is 6. The number of hydrogen-bond donors (Lipinski definition) is 1. The van der Waals surface area contributed by atoms with E-state index in [9.17, 15) is 9.59 Å². The summed E-state index contributed by atoms with van der Waals surface area (Å²) >= 11 is 1.30. The van der Waals surface area contributed by atoms with Gasteiger partial charge in [-0.25, -0.2) is 4.79 Å². The molecule has 1 amide bonds. The second-order valence-electron chi connectivity index (χ2n) is 5.75. The molecule has 0 saturated carbocycles. The number of carbonyl (C=O) groups is 2. The first-order valence-corrected chi connectivity index (χ1v) is 8.43. The minimum atomic E-state index is -0.796. The highest BCUT2D eigenvalue weighted by Gasteiger charge is 2.27. The van der Waals surface area contributed by atoms with Crippen molar-refractivity contribution < 1.29 is 14.3 Å². The molecule has 1 N–H and O–H groups in total. The van der Waals surface area contributed by atoms with E-state index in [-0.39, 0.29) is 11.8 Å². The quantitative estimate of drug-likeness (QED) is 0.824. The number of hydrogen-bond acceptors (Lipinski definition) is 4. The molecule has 2 aromatic rings. The lowest BCUT2D eigenvalue weighted by molar-refractivity contribution is -0.132. The van der Waals surface area contributed by atoms with Crippen molar-refractivity contribution in [3.05, 3.63) is 57.8 Å². The van der Waals surface area contributed by atoms with Gasteiger partial charge in [-0.15, -0.1) is 11.3 Å². The zero-order valence-corrected chi connectivity index (χ0v) is 14.4. The third-order valence-electron chi connectivity index (χ3n) is 3.41. The molecule has 0 aliphatic carbocycles. The lowest BCUT2D eigenvalue weighted by Gasteiger charge is -2.20. The smallest absolute Gasteiger partial charge is 0.349 e. The molecule has 0 radical (unpaired) electrons. The molecular formula is C18H21NO3S. The van der Waals surface area contributed by atoms with E-state index in [1.165, 1.54) is 16.9 Å². The van der Waals surface area contributed by atoms with E-state index in [4.69, 9.17) is 4.74 Å². The normalized spacial score (nSPS) is 12.0. The van der Waals surface area contributed by atoms with Crippen LogP contribution in [0.15, 0.2) is 41.8 Å². The van der Waals surface area contributed by atoms with E-state index < -0.39 is 12.1 Å². The predicted molar refractivity (Wildman–Crippen MR) is 91.4 cm³/mol. The minimum absolute atomic E-state index is 0.100. The number of benzene rings is 1. The van der Waals surface area contributed by atoms with Crippen LogP contribution in [0.5, 0.6) is 0 Å². The summed E-state index contributed by atoms with van der Waals surface area (Å²) in [5.74, 6) is -0.827. The van der Waals surface area contributed by atoms with Crippen molar-refractivity contribution in [1.82, 2.24) is 5.32 Å². The molecule has 0 spiro atoms. The van der Waals surface area contributed by atoms with E-state index in [1.54, 1.807) is 17.5 Å². The van der Waals surface area contributed by atoms with Gasteiger partial charge in [0.05, 0.1) is 0 Å². The maximum atomic E-state index is 12.3. The zero-order chi connectivity index (χ0) is 16.8. The third-order valence-corrected chi connectivity index (χ3v) is 4.26. The molecular weight excluding hydrogens is 310 g/mol. The summed E-state index contributed by atoms with van der Waals surface area (Å²) in [6, 6.07) is 11.4. The molecule has 0 aliphatic heterocycles. The Balaban J connectivity index is 1.95. The third kappa shape index (κ3) is 4.93. The lowest BCUT2D eigenvalue weighted by atomic mass is 10.1. The standard InChI is InChI=1S/C18H21NO3S/c1-12(2)16(22-18(21)15-5-4-10-23-15)17(20)19-11-14-8-6-13(3)7-9-14/h4-10,12,16H,11H2,1-3H3,(H,19,20)/t16-/m0/s1. The van der Waals surface area contributed by atoms with Crippen LogP contribution in [0.1, 0.15) is 34.6 Å². The molecule has 1 aromatic carbocycles. The highest BCUT2D eigenvalue weighted by atomic mass is 32.1. The van der Waals surface area contributed by atoms with E-state index in [1.807, 2.05) is 45.0 Å². The average molecular weight is 331 g/mol. The number of amides is 1. The molecule has 0 bridgehead atoms. The molecule has 23 heavy (non-hydrogen) atoms. The van der Waals surface area contributed by atoms with Crippen molar-refractivity contribution in [3.63, 3.8) is 0 Å². The number of esters is 1. The van der Waals surface area contributed by atoms with Crippen LogP contribution in [0.3, 0.4) is 0 Å². The van der Waals surface area contributed by atoms with E-state index in [0.29, 0.717) is 11.4 Å². The molecule has 1 aromatic heterocycles. The first-order chi connectivity index (χ1) is 11.0. The van der Waals surface area contributed by atoms with Crippen LogP contribution < -0.4 is 5.32 Å². The summed E-state index contributed by atoms with van der Waals surface area (Å²) in [4.78, 5) is 24.9. The summed E-state index contributed by atoms with van der Waals surface area (Å²) < 4.78 is 5.39. The molecule has 1 atom stereocenters. The molecule has 0 fully saturated rings. The van der Waals surface area contributed by atoms with Gasteiger partial charge in [0.25, 0.3) is 5.91 Å². The molecule has 5 heteroatoms. The van der Waals surface area contributed by atoms with Crippen LogP contribution in [-0.2, 0) is 16.1 Å². The lowest BCUT2D eigenvalue weighted by Crippen LogP contribution is -2.40. The van der Waals surface area contributed by atoms with Crippen molar-refractivity contribution in [2.75, 3.05) is 0 Å². The predicted octanol–water partition coefficient (Wildman–Crippen LogP) is 3.55. The minimum Gasteiger partial charge on any atom is -0.448 e. The maximum absolute atomic E-state index is 12.3. The Morgan fingerprint density at radius 2 is 1.87 bits per heavy atom. The number of thiophene rings is 1. The number of carbonyl (C=O) groups excluding carboxylic acids is 2. The first kappa shape index (κ1) is 17.2. The summed E-state index contributed by atoms with van der Waals surface area (Å²) in [5, 5.41) is 4.64. The highest BCUT2D eigenvalue weighted by molar-refractivity contribution is 7.11. The molecule has 1 heterocycles. The molecule has 0 aliphatic rings. The second kappa shape index (κ2) is 7.92. The second-order valence-corrected chi connectivity index (χ2v) is 6.70. The van der Waals surface area contributed by atoms with E-state index >= 15 is 0 Å². The van der Waals surface area contributed by atoms with Gasteiger partial charge in [-0.2, -0.15) is 0 Å². The van der Waals surface area contributed by atoms with Gasteiger partial charge in [-0.05, 0) is 29.9 Å². The van der Waals surface area contributed by atoms with Crippen LogP contribution >= 0.6 is 11.3 Å². The van der Waals surface area contributed by atoms with Gasteiger partial charge in [-0.1, -0.05) is 49.7 Å². The first-order valence-electron chi connectivity index (χ1n) is 7.55. The summed E-state index contributed by atoms with van der Waals surface area (Å²) in [6.07, 6.45) is -0.796. The average Bonchev–Trinajstić information content (AvgIpc) is 3.05. The summed E-state index contributed by atoms with van der Waals surface area (Å²) in [5.41, 5.74) is 2.18. The zero-order valence-electron chi connectivity index (χ0n) is 13.5. The number of aryl methyl sites for hydroxylation is 1. The Bertz CT molecular complexity index is 647. The fourth-order valence-electron chi connectivity index (χ4n) is 2.06. The van der Waals surface area contributed by atoms with Crippen molar-refractivity contribution in [2.45, 2.75) is 33.4 Å². The molecule has 2 rings (SSSR count).